The van der Waals surface area contributed by atoms with Crippen molar-refractivity contribution in [3.63, 3.8) is 0 Å². The van der Waals surface area contributed by atoms with Crippen molar-refractivity contribution in [2.24, 2.45) is 5.73 Å². The molecule has 0 bridgehead atoms. The van der Waals surface area contributed by atoms with Crippen LogP contribution in [0.4, 0.5) is 0 Å². The van der Waals surface area contributed by atoms with Gasteiger partial charge in [-0.25, -0.2) is 14.8 Å². The second-order valence-electron chi connectivity index (χ2n) is 8.85. The van der Waals surface area contributed by atoms with E-state index in [2.05, 4.69) is 9.97 Å². The fourth-order valence-electron chi connectivity index (χ4n) is 4.98. The van der Waals surface area contributed by atoms with Gasteiger partial charge in [0.05, 0.1) is 13.6 Å². The Balaban J connectivity index is 1.60. The first kappa shape index (κ1) is 23.5. The Bertz CT molecular complexity index is 1090. The SMILES string of the molecule is C[N+]1(C(C(N)=O)c2ccncn2)CCC[C@@H]1COC(=O)C(O)(c1ccccc1)c1ccccc1. The van der Waals surface area contributed by atoms with Crippen LogP contribution >= 0.6 is 0 Å². The topological polar surface area (TPSA) is 115 Å². The van der Waals surface area contributed by atoms with E-state index in [0.717, 1.165) is 12.8 Å². The van der Waals surface area contributed by atoms with Gasteiger partial charge in [-0.15, -0.1) is 0 Å². The summed E-state index contributed by atoms with van der Waals surface area (Å²) in [5, 5.41) is 11.6. The average molecular weight is 462 g/mol. The molecule has 8 nitrogen and oxygen atoms in total. The van der Waals surface area contributed by atoms with E-state index in [1.807, 2.05) is 19.2 Å². The van der Waals surface area contributed by atoms with Gasteiger partial charge in [-0.2, -0.15) is 0 Å². The van der Waals surface area contributed by atoms with Crippen molar-refractivity contribution in [1.29, 1.82) is 0 Å². The van der Waals surface area contributed by atoms with Gasteiger partial charge in [0.25, 0.3) is 5.91 Å². The van der Waals surface area contributed by atoms with Crippen LogP contribution in [0.2, 0.25) is 0 Å². The van der Waals surface area contributed by atoms with Gasteiger partial charge in [-0.1, -0.05) is 60.7 Å². The normalized spacial score (nSPS) is 21.1. The van der Waals surface area contributed by atoms with Crippen LogP contribution in [-0.4, -0.2) is 57.7 Å². The Morgan fingerprint density at radius 1 is 1.12 bits per heavy atom. The molecule has 4 rings (SSSR count). The summed E-state index contributed by atoms with van der Waals surface area (Å²) in [7, 11) is 1.93. The first-order chi connectivity index (χ1) is 16.4. The molecule has 3 aromatic rings. The van der Waals surface area contributed by atoms with Crippen molar-refractivity contribution in [3.8, 4) is 0 Å². The number of quaternary nitrogens is 1. The van der Waals surface area contributed by atoms with Crippen LogP contribution < -0.4 is 5.73 Å². The summed E-state index contributed by atoms with van der Waals surface area (Å²) < 4.78 is 6.04. The van der Waals surface area contributed by atoms with Gasteiger partial charge < -0.3 is 20.1 Å². The first-order valence-corrected chi connectivity index (χ1v) is 11.3. The lowest BCUT2D eigenvalue weighted by molar-refractivity contribution is -0.941. The maximum absolute atomic E-state index is 13.4. The van der Waals surface area contributed by atoms with Gasteiger partial charge in [0.2, 0.25) is 11.6 Å². The Labute approximate surface area is 198 Å². The van der Waals surface area contributed by atoms with E-state index in [-0.39, 0.29) is 17.1 Å². The highest BCUT2D eigenvalue weighted by Crippen LogP contribution is 2.37. The summed E-state index contributed by atoms with van der Waals surface area (Å²) in [4.78, 5) is 34.1. The van der Waals surface area contributed by atoms with E-state index < -0.39 is 23.5 Å². The number of aromatic nitrogens is 2. The molecule has 1 aliphatic rings. The van der Waals surface area contributed by atoms with Gasteiger partial charge in [0.1, 0.15) is 24.7 Å². The van der Waals surface area contributed by atoms with Crippen molar-refractivity contribution in [2.75, 3.05) is 20.2 Å². The quantitative estimate of drug-likeness (QED) is 0.392. The zero-order valence-corrected chi connectivity index (χ0v) is 19.1. The number of hydrogen-bond donors (Lipinski definition) is 2. The minimum atomic E-state index is -1.96. The Morgan fingerprint density at radius 3 is 2.26 bits per heavy atom. The number of carbonyl (C=O) groups is 2. The van der Waals surface area contributed by atoms with E-state index in [9.17, 15) is 14.7 Å². The van der Waals surface area contributed by atoms with Crippen molar-refractivity contribution < 1.29 is 23.9 Å². The largest absolute Gasteiger partial charge is 0.457 e. The zero-order chi connectivity index (χ0) is 24.2. The van der Waals surface area contributed by atoms with Gasteiger partial charge >= 0.3 is 5.97 Å². The predicted octanol–water partition coefficient (Wildman–Crippen LogP) is 2.09. The number of benzene rings is 2. The molecule has 34 heavy (non-hydrogen) atoms. The summed E-state index contributed by atoms with van der Waals surface area (Å²) in [5.41, 5.74) is 5.23. The molecule has 2 heterocycles. The number of primary amides is 1. The molecule has 1 fully saturated rings. The molecule has 2 unspecified atom stereocenters. The molecule has 2 aromatic carbocycles. The standard InChI is InChI=1S/C26H28N4O4/c1-30(23(24(27)31)22-14-15-28-18-29-22)16-8-13-21(30)17-34-25(32)26(33,19-9-4-2-5-10-19)20-11-6-3-7-12-20/h2-7,9-12,14-15,18,21,23,33H,8,13,16-17H2,1H3,(H-,27,31)/p+1/t21-,23?,30?/m1/s1. The lowest BCUT2D eigenvalue weighted by atomic mass is 9.86. The van der Waals surface area contributed by atoms with Crippen LogP contribution in [0, 0.1) is 0 Å². The zero-order valence-electron chi connectivity index (χ0n) is 19.1. The van der Waals surface area contributed by atoms with Crippen LogP contribution in [0.3, 0.4) is 0 Å². The van der Waals surface area contributed by atoms with Crippen LogP contribution in [0.1, 0.15) is 35.7 Å². The second-order valence-corrected chi connectivity index (χ2v) is 8.85. The lowest BCUT2D eigenvalue weighted by Crippen LogP contribution is -2.57. The number of carbonyl (C=O) groups excluding carboxylic acids is 2. The summed E-state index contributed by atoms with van der Waals surface area (Å²) in [5.74, 6) is -1.26. The van der Waals surface area contributed by atoms with Gasteiger partial charge in [0.15, 0.2) is 0 Å². The summed E-state index contributed by atoms with van der Waals surface area (Å²) in [6, 6.07) is 18.3. The number of nitrogens with two attached hydrogens (primary N) is 1. The molecule has 0 spiro atoms. The van der Waals surface area contributed by atoms with E-state index >= 15 is 0 Å². The average Bonchev–Trinajstić information content (AvgIpc) is 3.24. The highest BCUT2D eigenvalue weighted by atomic mass is 16.6. The van der Waals surface area contributed by atoms with Crippen LogP contribution in [0.5, 0.6) is 0 Å². The molecular formula is C26H29N4O4+. The third-order valence-electron chi connectivity index (χ3n) is 6.84. The molecule has 0 radical (unpaired) electrons. The lowest BCUT2D eigenvalue weighted by Gasteiger charge is -2.41. The number of ether oxygens (including phenoxy) is 1. The Hall–Kier alpha value is -3.62. The molecule has 0 saturated carbocycles. The molecule has 1 aliphatic heterocycles. The summed E-state index contributed by atoms with van der Waals surface area (Å²) in [6.07, 6.45) is 4.56. The minimum Gasteiger partial charge on any atom is -0.457 e. The fourth-order valence-corrected chi connectivity index (χ4v) is 4.98. The Morgan fingerprint density at radius 2 is 1.74 bits per heavy atom. The highest BCUT2D eigenvalue weighted by Gasteiger charge is 2.50. The smallest absolute Gasteiger partial charge is 0.347 e. The molecule has 1 saturated heterocycles. The van der Waals surface area contributed by atoms with Crippen LogP contribution in [-0.2, 0) is 19.9 Å². The van der Waals surface area contributed by atoms with Crippen molar-refractivity contribution in [2.45, 2.75) is 30.5 Å². The number of rotatable bonds is 8. The van der Waals surface area contributed by atoms with Crippen LogP contribution in [0.15, 0.2) is 79.3 Å². The molecule has 176 valence electrons. The third kappa shape index (κ3) is 4.30. The maximum atomic E-state index is 13.4. The minimum absolute atomic E-state index is 0.0339. The van der Waals surface area contributed by atoms with Gasteiger partial charge in [0, 0.05) is 19.0 Å². The summed E-state index contributed by atoms with van der Waals surface area (Å²) >= 11 is 0. The third-order valence-corrected chi connectivity index (χ3v) is 6.84. The molecule has 8 heteroatoms. The Kier molecular flexibility index (Phi) is 6.72. The number of hydrogen-bond acceptors (Lipinski definition) is 6. The van der Waals surface area contributed by atoms with Crippen molar-refractivity contribution in [3.05, 3.63) is 96.1 Å². The van der Waals surface area contributed by atoms with Gasteiger partial charge in [-0.05, 0) is 17.2 Å². The number of amides is 1. The first-order valence-electron chi connectivity index (χ1n) is 11.3. The maximum Gasteiger partial charge on any atom is 0.347 e. The second kappa shape index (κ2) is 9.70. The van der Waals surface area contributed by atoms with Crippen LogP contribution in [0.25, 0.3) is 0 Å². The van der Waals surface area contributed by atoms with E-state index in [0.29, 0.717) is 23.4 Å². The number of aliphatic hydroxyl groups is 1. The van der Waals surface area contributed by atoms with E-state index in [1.54, 1.807) is 60.8 Å². The molecular weight excluding hydrogens is 432 g/mol. The predicted molar refractivity (Wildman–Crippen MR) is 125 cm³/mol. The number of likely N-dealkylation sites (tertiary alicyclic amines) is 1. The highest BCUT2D eigenvalue weighted by molar-refractivity contribution is 5.85. The van der Waals surface area contributed by atoms with Crippen molar-refractivity contribution >= 4 is 11.9 Å². The van der Waals surface area contributed by atoms with E-state index in [1.165, 1.54) is 6.33 Å². The number of nitrogens with zero attached hydrogens (tertiary/aromatic N) is 3. The molecule has 3 N–H and O–H groups in total. The molecule has 3 atom stereocenters. The van der Waals surface area contributed by atoms with Gasteiger partial charge in [-0.3, -0.25) is 4.79 Å². The monoisotopic (exact) mass is 461 g/mol. The summed E-state index contributed by atoms with van der Waals surface area (Å²) in [6.45, 7) is 0.716. The van der Waals surface area contributed by atoms with E-state index in [4.69, 9.17) is 10.5 Å². The molecule has 0 aliphatic carbocycles. The van der Waals surface area contributed by atoms with Crippen molar-refractivity contribution in [1.82, 2.24) is 9.97 Å². The molecule has 1 aromatic heterocycles. The number of likely N-dealkylation sites (N-methyl/N-ethyl adjacent to an activating group) is 1. The number of esters is 1. The fraction of sp³-hybridized carbons (Fsp3) is 0.308. The molecule has 1 amide bonds.